The van der Waals surface area contributed by atoms with Crippen molar-refractivity contribution in [2.75, 3.05) is 13.6 Å². The largest absolute Gasteiger partial charge is 0.480 e. The van der Waals surface area contributed by atoms with Crippen molar-refractivity contribution in [1.29, 1.82) is 0 Å². The zero-order valence-corrected chi connectivity index (χ0v) is 7.74. The summed E-state index contributed by atoms with van der Waals surface area (Å²) in [7, 11) is 1.75. The number of nitrogens with one attached hydrogen (secondary N) is 1. The molecule has 72 valence electrons. The van der Waals surface area contributed by atoms with Gasteiger partial charge in [-0.3, -0.25) is 14.8 Å². The van der Waals surface area contributed by atoms with E-state index >= 15 is 0 Å². The molecule has 0 aliphatic carbocycles. The van der Waals surface area contributed by atoms with E-state index in [2.05, 4.69) is 10.2 Å². The summed E-state index contributed by atoms with van der Waals surface area (Å²) in [6.07, 6.45) is 0. The molecule has 0 atom stereocenters. The van der Waals surface area contributed by atoms with E-state index in [0.29, 0.717) is 6.54 Å². The third-order valence-electron chi connectivity index (χ3n) is 1.60. The van der Waals surface area contributed by atoms with Crippen molar-refractivity contribution in [2.45, 2.75) is 13.5 Å². The first-order valence-electron chi connectivity index (χ1n) is 3.99. The zero-order chi connectivity index (χ0) is 9.84. The van der Waals surface area contributed by atoms with Crippen molar-refractivity contribution in [3.05, 3.63) is 17.5 Å². The van der Waals surface area contributed by atoms with Gasteiger partial charge in [0.25, 0.3) is 0 Å². The van der Waals surface area contributed by atoms with Gasteiger partial charge in [0.1, 0.15) is 0 Å². The molecule has 0 spiro atoms. The number of aliphatic carboxylic acids is 1. The Bertz CT molecular complexity index is 295. The van der Waals surface area contributed by atoms with Gasteiger partial charge in [0.15, 0.2) is 0 Å². The summed E-state index contributed by atoms with van der Waals surface area (Å²) in [6, 6.07) is 1.90. The first-order valence-corrected chi connectivity index (χ1v) is 3.99. The smallest absolute Gasteiger partial charge is 0.317 e. The molecule has 1 aromatic heterocycles. The molecule has 0 aliphatic rings. The summed E-state index contributed by atoms with van der Waals surface area (Å²) >= 11 is 0. The lowest BCUT2D eigenvalue weighted by molar-refractivity contribution is -0.138. The van der Waals surface area contributed by atoms with Crippen molar-refractivity contribution < 1.29 is 9.90 Å². The van der Waals surface area contributed by atoms with Crippen molar-refractivity contribution in [3.63, 3.8) is 0 Å². The zero-order valence-electron chi connectivity index (χ0n) is 7.74. The van der Waals surface area contributed by atoms with Crippen LogP contribution >= 0.6 is 0 Å². The third-order valence-corrected chi connectivity index (χ3v) is 1.60. The fraction of sp³-hybridized carbons (Fsp3) is 0.500. The van der Waals surface area contributed by atoms with Crippen LogP contribution in [-0.2, 0) is 11.3 Å². The second-order valence-corrected chi connectivity index (χ2v) is 3.11. The number of nitrogens with zero attached hydrogens (tertiary/aromatic N) is 2. The third kappa shape index (κ3) is 3.25. The van der Waals surface area contributed by atoms with Gasteiger partial charge < -0.3 is 5.11 Å². The molecule has 0 aliphatic heterocycles. The van der Waals surface area contributed by atoms with Gasteiger partial charge in [-0.15, -0.1) is 0 Å². The lowest BCUT2D eigenvalue weighted by atomic mass is 10.3. The number of carbonyl (C=O) groups is 1. The van der Waals surface area contributed by atoms with Crippen LogP contribution in [0.4, 0.5) is 0 Å². The van der Waals surface area contributed by atoms with Crippen molar-refractivity contribution in [1.82, 2.24) is 15.1 Å². The van der Waals surface area contributed by atoms with Gasteiger partial charge in [-0.1, -0.05) is 0 Å². The highest BCUT2D eigenvalue weighted by atomic mass is 16.4. The van der Waals surface area contributed by atoms with E-state index in [9.17, 15) is 4.79 Å². The lowest BCUT2D eigenvalue weighted by Crippen LogP contribution is -2.25. The van der Waals surface area contributed by atoms with Gasteiger partial charge in [0, 0.05) is 12.2 Å². The van der Waals surface area contributed by atoms with Crippen molar-refractivity contribution in [3.8, 4) is 0 Å². The van der Waals surface area contributed by atoms with Gasteiger partial charge in [0.05, 0.1) is 12.2 Å². The molecule has 0 amide bonds. The molecule has 2 N–H and O–H groups in total. The molecule has 0 unspecified atom stereocenters. The molecular formula is C8H13N3O2. The van der Waals surface area contributed by atoms with E-state index in [0.717, 1.165) is 11.4 Å². The fourth-order valence-corrected chi connectivity index (χ4v) is 1.12. The average molecular weight is 183 g/mol. The molecule has 1 rings (SSSR count). The van der Waals surface area contributed by atoms with Crippen molar-refractivity contribution in [2.24, 2.45) is 0 Å². The highest BCUT2D eigenvalue weighted by Crippen LogP contribution is 2.00. The Kier molecular flexibility index (Phi) is 3.02. The van der Waals surface area contributed by atoms with E-state index in [-0.39, 0.29) is 6.54 Å². The number of likely N-dealkylation sites (N-methyl/N-ethyl adjacent to an activating group) is 1. The molecule has 0 fully saturated rings. The number of rotatable bonds is 4. The van der Waals surface area contributed by atoms with E-state index in [1.165, 1.54) is 0 Å². The number of H-pyrrole nitrogens is 1. The standard InChI is InChI=1S/C8H13N3O2/c1-6-3-7(10-9-6)4-11(2)5-8(12)13/h3H,4-5H2,1-2H3,(H,9,10)(H,12,13). The van der Waals surface area contributed by atoms with E-state index in [1.54, 1.807) is 11.9 Å². The van der Waals surface area contributed by atoms with E-state index in [4.69, 9.17) is 5.11 Å². The number of aryl methyl sites for hydroxylation is 1. The summed E-state index contributed by atoms with van der Waals surface area (Å²) in [5, 5.41) is 15.3. The average Bonchev–Trinajstić information content (AvgIpc) is 2.33. The number of aromatic amines is 1. The van der Waals surface area contributed by atoms with Gasteiger partial charge in [0.2, 0.25) is 0 Å². The SMILES string of the molecule is Cc1cc(CN(C)CC(=O)O)n[nH]1. The highest BCUT2D eigenvalue weighted by molar-refractivity contribution is 5.68. The Morgan fingerprint density at radius 2 is 2.46 bits per heavy atom. The first-order chi connectivity index (χ1) is 6.08. The summed E-state index contributed by atoms with van der Waals surface area (Å²) in [4.78, 5) is 12.0. The highest BCUT2D eigenvalue weighted by Gasteiger charge is 2.06. The Hall–Kier alpha value is -1.36. The summed E-state index contributed by atoms with van der Waals surface area (Å²) in [5.41, 5.74) is 1.85. The maximum absolute atomic E-state index is 10.3. The molecular weight excluding hydrogens is 170 g/mol. The summed E-state index contributed by atoms with van der Waals surface area (Å²) in [5.74, 6) is -0.824. The van der Waals surface area contributed by atoms with Gasteiger partial charge >= 0.3 is 5.97 Å². The van der Waals surface area contributed by atoms with Crippen LogP contribution in [0.15, 0.2) is 6.07 Å². The molecule has 1 aromatic rings. The monoisotopic (exact) mass is 183 g/mol. The van der Waals surface area contributed by atoms with Crippen LogP contribution in [0, 0.1) is 6.92 Å². The quantitative estimate of drug-likeness (QED) is 0.701. The number of aromatic nitrogens is 2. The van der Waals surface area contributed by atoms with Crippen LogP contribution in [-0.4, -0.2) is 39.8 Å². The predicted molar refractivity (Wildman–Crippen MR) is 47.3 cm³/mol. The molecule has 0 saturated heterocycles. The molecule has 5 heteroatoms. The molecule has 1 heterocycles. The topological polar surface area (TPSA) is 69.2 Å². The van der Waals surface area contributed by atoms with E-state index < -0.39 is 5.97 Å². The number of carboxylic acid groups (broad SMARTS) is 1. The predicted octanol–water partition coefficient (Wildman–Crippen LogP) is 0.235. The second-order valence-electron chi connectivity index (χ2n) is 3.11. The summed E-state index contributed by atoms with van der Waals surface area (Å²) < 4.78 is 0. The number of carboxylic acids is 1. The maximum Gasteiger partial charge on any atom is 0.317 e. The molecule has 0 bridgehead atoms. The minimum Gasteiger partial charge on any atom is -0.480 e. The Morgan fingerprint density at radius 1 is 1.77 bits per heavy atom. The molecule has 0 radical (unpaired) electrons. The van der Waals surface area contributed by atoms with Gasteiger partial charge in [-0.05, 0) is 20.0 Å². The summed E-state index contributed by atoms with van der Waals surface area (Å²) in [6.45, 7) is 2.50. The fourth-order valence-electron chi connectivity index (χ4n) is 1.12. The normalized spacial score (nSPS) is 10.7. The first kappa shape index (κ1) is 9.73. The molecule has 0 aromatic carbocycles. The molecule has 5 nitrogen and oxygen atoms in total. The Balaban J connectivity index is 2.44. The maximum atomic E-state index is 10.3. The van der Waals surface area contributed by atoms with Crippen LogP contribution in [0.3, 0.4) is 0 Å². The number of hydrogen-bond donors (Lipinski definition) is 2. The Labute approximate surface area is 76.4 Å². The Morgan fingerprint density at radius 3 is 2.92 bits per heavy atom. The van der Waals surface area contributed by atoms with Gasteiger partial charge in [-0.25, -0.2) is 0 Å². The van der Waals surface area contributed by atoms with Crippen molar-refractivity contribution >= 4 is 5.97 Å². The minimum atomic E-state index is -0.824. The number of hydrogen-bond acceptors (Lipinski definition) is 3. The van der Waals surface area contributed by atoms with Crippen LogP contribution in [0.1, 0.15) is 11.4 Å². The van der Waals surface area contributed by atoms with E-state index in [1.807, 2.05) is 13.0 Å². The molecule has 0 saturated carbocycles. The van der Waals surface area contributed by atoms with Gasteiger partial charge in [-0.2, -0.15) is 5.10 Å². The van der Waals surface area contributed by atoms with Crippen LogP contribution in [0.25, 0.3) is 0 Å². The molecule has 13 heavy (non-hydrogen) atoms. The lowest BCUT2D eigenvalue weighted by Gasteiger charge is -2.10. The second kappa shape index (κ2) is 4.04. The minimum absolute atomic E-state index is 0.0336. The van der Waals surface area contributed by atoms with Crippen LogP contribution in [0.5, 0.6) is 0 Å². The van der Waals surface area contributed by atoms with Crippen LogP contribution in [0.2, 0.25) is 0 Å². The van der Waals surface area contributed by atoms with Crippen LogP contribution < -0.4 is 0 Å².